The SMILES string of the molecule is [2H]C([2H])([2H])c1c[n+](-c2c(C(C)C)cccc2C(C)C)c(-c2c(C)ccc3c2oc2c3ccc3nc(C(F)(F)F)sc32)n1C. The lowest BCUT2D eigenvalue weighted by molar-refractivity contribution is -0.584. The maximum atomic E-state index is 13.6. The number of hydrogen-bond donors (Lipinski definition) is 0. The van der Waals surface area contributed by atoms with E-state index in [1.807, 2.05) is 29.7 Å². The molecule has 206 valence electrons. The summed E-state index contributed by atoms with van der Waals surface area (Å²) in [5, 5.41) is 0.466. The number of imidazole rings is 1. The Morgan fingerprint density at radius 3 is 2.25 bits per heavy atom. The molecule has 0 spiro atoms. The van der Waals surface area contributed by atoms with Crippen molar-refractivity contribution in [2.24, 2.45) is 7.05 Å². The van der Waals surface area contributed by atoms with Crippen molar-refractivity contribution in [1.82, 2.24) is 9.55 Å². The van der Waals surface area contributed by atoms with Crippen LogP contribution in [0.5, 0.6) is 0 Å². The summed E-state index contributed by atoms with van der Waals surface area (Å²) in [6, 6.07) is 13.3. The van der Waals surface area contributed by atoms with Gasteiger partial charge in [-0.05, 0) is 36.5 Å². The molecule has 0 fully saturated rings. The molecule has 3 heterocycles. The fourth-order valence-corrected chi connectivity index (χ4v) is 6.49. The van der Waals surface area contributed by atoms with Gasteiger partial charge >= 0.3 is 6.18 Å². The second-order valence-electron chi connectivity index (χ2n) is 10.9. The smallest absolute Gasteiger partial charge is 0.443 e. The van der Waals surface area contributed by atoms with Gasteiger partial charge in [-0.2, -0.15) is 17.7 Å². The third kappa shape index (κ3) is 3.95. The molecule has 4 nitrogen and oxygen atoms in total. The zero-order valence-corrected chi connectivity index (χ0v) is 23.9. The van der Waals surface area contributed by atoms with Crippen LogP contribution < -0.4 is 4.57 Å². The third-order valence-electron chi connectivity index (χ3n) is 7.58. The zero-order chi connectivity index (χ0) is 31.2. The Balaban J connectivity index is 1.76. The van der Waals surface area contributed by atoms with Gasteiger partial charge < -0.3 is 4.42 Å². The summed E-state index contributed by atoms with van der Waals surface area (Å²) >= 11 is 0.561. The van der Waals surface area contributed by atoms with Crippen molar-refractivity contribution in [3.63, 3.8) is 0 Å². The summed E-state index contributed by atoms with van der Waals surface area (Å²) < 4.78 is 76.2. The molecule has 8 heteroatoms. The molecule has 0 aliphatic carbocycles. The van der Waals surface area contributed by atoms with Gasteiger partial charge in [0.15, 0.2) is 16.2 Å². The lowest BCUT2D eigenvalue weighted by Crippen LogP contribution is -2.35. The topological polar surface area (TPSA) is 34.8 Å². The quantitative estimate of drug-likeness (QED) is 0.200. The summed E-state index contributed by atoms with van der Waals surface area (Å²) in [6.07, 6.45) is -2.88. The number of aromatic nitrogens is 3. The number of halogens is 3. The van der Waals surface area contributed by atoms with E-state index >= 15 is 0 Å². The number of fused-ring (bicyclic) bond motifs is 5. The minimum atomic E-state index is -4.57. The zero-order valence-electron chi connectivity index (χ0n) is 26.1. The van der Waals surface area contributed by atoms with Crippen molar-refractivity contribution < 1.29 is 26.3 Å². The predicted octanol–water partition coefficient (Wildman–Crippen LogP) is 9.36. The lowest BCUT2D eigenvalue weighted by Gasteiger charge is -2.18. The van der Waals surface area contributed by atoms with Crippen molar-refractivity contribution in [2.45, 2.75) is 59.5 Å². The Hall–Kier alpha value is -3.65. The van der Waals surface area contributed by atoms with E-state index < -0.39 is 18.0 Å². The number of thiazole rings is 1. The van der Waals surface area contributed by atoms with Crippen LogP contribution in [0, 0.1) is 13.8 Å². The second-order valence-corrected chi connectivity index (χ2v) is 11.9. The minimum absolute atomic E-state index is 0.149. The lowest BCUT2D eigenvalue weighted by atomic mass is 9.92. The highest BCUT2D eigenvalue weighted by Gasteiger charge is 2.36. The van der Waals surface area contributed by atoms with Crippen molar-refractivity contribution in [1.29, 1.82) is 0 Å². The third-order valence-corrected chi connectivity index (χ3v) is 8.70. The number of nitrogens with zero attached hydrogens (tertiary/aromatic N) is 3. The molecule has 0 N–H and O–H groups in total. The fourth-order valence-electron chi connectivity index (χ4n) is 5.58. The number of benzene rings is 3. The van der Waals surface area contributed by atoms with E-state index in [1.165, 1.54) is 0 Å². The number of rotatable bonds is 4. The summed E-state index contributed by atoms with van der Waals surface area (Å²) in [5.41, 5.74) is 5.74. The van der Waals surface area contributed by atoms with Gasteiger partial charge in [0.25, 0.3) is 5.82 Å². The van der Waals surface area contributed by atoms with Crippen LogP contribution >= 0.6 is 11.3 Å². The molecule has 3 aromatic carbocycles. The van der Waals surface area contributed by atoms with Gasteiger partial charge in [0.05, 0.1) is 17.3 Å². The van der Waals surface area contributed by atoms with E-state index in [0.29, 0.717) is 44.0 Å². The number of hydrogen-bond acceptors (Lipinski definition) is 3. The van der Waals surface area contributed by atoms with E-state index in [9.17, 15) is 13.2 Å². The summed E-state index contributed by atoms with van der Waals surface area (Å²) in [5.74, 6) is 0.909. The van der Waals surface area contributed by atoms with Gasteiger partial charge in [-0.25, -0.2) is 9.55 Å². The molecule has 0 aliphatic rings. The average molecular weight is 566 g/mol. The number of alkyl halides is 3. The highest BCUT2D eigenvalue weighted by molar-refractivity contribution is 7.19. The van der Waals surface area contributed by atoms with Crippen LogP contribution in [-0.4, -0.2) is 9.55 Å². The molecule has 3 aromatic heterocycles. The minimum Gasteiger partial charge on any atom is -0.454 e. The molecule has 0 saturated carbocycles. The van der Waals surface area contributed by atoms with Crippen LogP contribution in [0.3, 0.4) is 0 Å². The largest absolute Gasteiger partial charge is 0.454 e. The molecule has 0 radical (unpaired) electrons. The highest BCUT2D eigenvalue weighted by atomic mass is 32.1. The van der Waals surface area contributed by atoms with Gasteiger partial charge in [-0.3, -0.25) is 0 Å². The first-order valence-corrected chi connectivity index (χ1v) is 14.0. The van der Waals surface area contributed by atoms with Gasteiger partial charge in [-0.15, -0.1) is 11.3 Å². The normalized spacial score (nSPS) is 14.1. The van der Waals surface area contributed by atoms with Crippen LogP contribution in [0.1, 0.15) is 71.0 Å². The molecule has 6 rings (SSSR count). The van der Waals surface area contributed by atoms with E-state index in [4.69, 9.17) is 8.53 Å². The molecule has 0 bridgehead atoms. The Morgan fingerprint density at radius 2 is 1.62 bits per heavy atom. The Labute approximate surface area is 238 Å². The molecular formula is C32H31F3N3OS+. The maximum Gasteiger partial charge on any atom is 0.443 e. The van der Waals surface area contributed by atoms with Gasteiger partial charge in [0, 0.05) is 32.9 Å². The Kier molecular flexibility index (Phi) is 5.31. The van der Waals surface area contributed by atoms with Crippen molar-refractivity contribution in [2.75, 3.05) is 0 Å². The first-order valence-electron chi connectivity index (χ1n) is 14.7. The van der Waals surface area contributed by atoms with E-state index in [2.05, 4.69) is 44.8 Å². The van der Waals surface area contributed by atoms with E-state index in [1.54, 1.807) is 29.9 Å². The van der Waals surface area contributed by atoms with Crippen molar-refractivity contribution in [3.05, 3.63) is 76.1 Å². The van der Waals surface area contributed by atoms with E-state index in [-0.39, 0.29) is 23.0 Å². The molecule has 6 aromatic rings. The molecule has 40 heavy (non-hydrogen) atoms. The fraction of sp³-hybridized carbons (Fsp3) is 0.312. The number of para-hydroxylation sites is 1. The Morgan fingerprint density at radius 1 is 0.975 bits per heavy atom. The van der Waals surface area contributed by atoms with E-state index in [0.717, 1.165) is 27.8 Å². The van der Waals surface area contributed by atoms with Gasteiger partial charge in [0.2, 0.25) is 0 Å². The van der Waals surface area contributed by atoms with Gasteiger partial charge in [0.1, 0.15) is 23.1 Å². The number of furan rings is 1. The van der Waals surface area contributed by atoms with Crippen LogP contribution in [0.15, 0.2) is 53.1 Å². The van der Waals surface area contributed by atoms with Crippen LogP contribution in [-0.2, 0) is 13.2 Å². The average Bonchev–Trinajstić information content (AvgIpc) is 3.61. The highest BCUT2D eigenvalue weighted by Crippen LogP contribution is 2.44. The molecule has 0 unspecified atom stereocenters. The van der Waals surface area contributed by atoms with Crippen LogP contribution in [0.2, 0.25) is 0 Å². The maximum absolute atomic E-state index is 13.6. The summed E-state index contributed by atoms with van der Waals surface area (Å²) in [6.45, 7) is 7.96. The molecule has 0 amide bonds. The number of aryl methyl sites for hydroxylation is 2. The predicted molar refractivity (Wildman–Crippen MR) is 155 cm³/mol. The van der Waals surface area contributed by atoms with Gasteiger partial charge in [-0.1, -0.05) is 58.0 Å². The molecule has 0 aliphatic heterocycles. The van der Waals surface area contributed by atoms with Crippen molar-refractivity contribution >= 4 is 43.5 Å². The molecular weight excluding hydrogens is 531 g/mol. The standard InChI is InChI=1S/C32H31F3N3OS/c1-16(2)20-9-8-10-21(17(3)4)26(20)38-15-19(6)37(7)30(38)25-18(5)11-12-22-23-13-14-24-29(28(23)39-27(22)25)40-31(36-24)32(33,34)35/h8-17H,1-7H3/q+1/i6D3. The van der Waals surface area contributed by atoms with Crippen LogP contribution in [0.25, 0.3) is 49.2 Å². The summed E-state index contributed by atoms with van der Waals surface area (Å²) in [4.78, 5) is 3.82. The first kappa shape index (κ1) is 23.1. The monoisotopic (exact) mass is 565 g/mol. The Bertz CT molecular complexity index is 2020. The molecule has 0 atom stereocenters. The van der Waals surface area contributed by atoms with Crippen LogP contribution in [0.4, 0.5) is 13.2 Å². The summed E-state index contributed by atoms with van der Waals surface area (Å²) in [7, 11) is 1.73. The second kappa shape index (κ2) is 9.20. The first-order chi connectivity index (χ1) is 20.1. The van der Waals surface area contributed by atoms with Crippen molar-refractivity contribution in [3.8, 4) is 17.1 Å². The molecule has 0 saturated heterocycles.